The largest absolute Gasteiger partial charge is 0.393 e. The van der Waals surface area contributed by atoms with Crippen LogP contribution in [-0.4, -0.2) is 21.9 Å². The van der Waals surface area contributed by atoms with Gasteiger partial charge in [0.25, 0.3) is 0 Å². The molecule has 0 spiro atoms. The highest BCUT2D eigenvalue weighted by Gasteiger charge is 2.60. The van der Waals surface area contributed by atoms with Crippen molar-refractivity contribution in [2.45, 2.75) is 111 Å². The van der Waals surface area contributed by atoms with Gasteiger partial charge in [0.2, 0.25) is 0 Å². The quantitative estimate of drug-likeness (QED) is 0.467. The lowest BCUT2D eigenvalue weighted by Crippen LogP contribution is -2.52. The fourth-order valence-corrected chi connectivity index (χ4v) is 8.87. The monoisotopic (exact) mass is 428 g/mol. The van der Waals surface area contributed by atoms with E-state index in [1.54, 1.807) is 5.57 Å². The predicted octanol–water partition coefficient (Wildman–Crippen LogP) is 6.92. The molecule has 0 aliphatic heterocycles. The first-order valence-electron chi connectivity index (χ1n) is 13.3. The summed E-state index contributed by atoms with van der Waals surface area (Å²) in [7, 11) is 0. The van der Waals surface area contributed by atoms with Gasteiger partial charge in [0, 0.05) is 0 Å². The molecule has 4 aliphatic carbocycles. The van der Waals surface area contributed by atoms with E-state index >= 15 is 0 Å². The summed E-state index contributed by atoms with van der Waals surface area (Å²) in [4.78, 5) is 0. The van der Waals surface area contributed by atoms with Crippen molar-refractivity contribution in [3.63, 3.8) is 0 Å². The Labute approximate surface area is 191 Å². The SMILES string of the molecule is CC[C@H](/C=C/[C@](C)(O)[C@H]1CC[C@H]2[C@@H]3CC=C4C[C@@H](O)CC[C@]4(C)[C@H]3CC[C@@]21C)C(C)C. The van der Waals surface area contributed by atoms with E-state index in [9.17, 15) is 10.2 Å². The first kappa shape index (κ1) is 23.6. The molecule has 2 nitrogen and oxygen atoms in total. The van der Waals surface area contributed by atoms with Crippen molar-refractivity contribution in [3.05, 3.63) is 23.8 Å². The number of fused-ring (bicyclic) bond motifs is 5. The molecular weight excluding hydrogens is 380 g/mol. The highest BCUT2D eigenvalue weighted by Crippen LogP contribution is 2.67. The van der Waals surface area contributed by atoms with Gasteiger partial charge in [-0.3, -0.25) is 0 Å². The van der Waals surface area contributed by atoms with Gasteiger partial charge in [-0.25, -0.2) is 0 Å². The zero-order valence-corrected chi connectivity index (χ0v) is 21.0. The Hall–Kier alpha value is -0.600. The zero-order chi connectivity index (χ0) is 22.6. The molecule has 4 aliphatic rings. The number of hydrogen-bond donors (Lipinski definition) is 2. The molecule has 0 aromatic heterocycles. The lowest BCUT2D eigenvalue weighted by Gasteiger charge is -2.58. The van der Waals surface area contributed by atoms with Crippen molar-refractivity contribution < 1.29 is 10.2 Å². The molecule has 0 amide bonds. The molecule has 3 saturated carbocycles. The molecule has 0 radical (unpaired) electrons. The first-order chi connectivity index (χ1) is 14.5. The van der Waals surface area contributed by atoms with Crippen LogP contribution in [0.2, 0.25) is 0 Å². The molecule has 0 aromatic carbocycles. The predicted molar refractivity (Wildman–Crippen MR) is 130 cm³/mol. The van der Waals surface area contributed by atoms with Crippen LogP contribution < -0.4 is 0 Å². The van der Waals surface area contributed by atoms with Gasteiger partial charge in [0.15, 0.2) is 0 Å². The molecular formula is C29H48O2. The van der Waals surface area contributed by atoms with Gasteiger partial charge in [0.1, 0.15) is 0 Å². The molecule has 0 bridgehead atoms. The molecule has 9 atom stereocenters. The standard InChI is InChI=1S/C29H48O2/c1-7-20(19(2)3)12-17-29(6,31)26-11-10-24-23-9-8-21-18-22(30)13-15-27(21,4)25(23)14-16-28(24,26)5/h8,12,17,19-20,22-26,30-31H,7,9-11,13-16,18H2,1-6H3/b17-12+/t20-,22+,23+,24+,25+,26+,27+,28+,29+/m1/s1. The van der Waals surface area contributed by atoms with Crippen LogP contribution in [0.3, 0.4) is 0 Å². The van der Waals surface area contributed by atoms with Crippen LogP contribution >= 0.6 is 0 Å². The first-order valence-corrected chi connectivity index (χ1v) is 13.3. The van der Waals surface area contributed by atoms with Gasteiger partial charge >= 0.3 is 0 Å². The molecule has 31 heavy (non-hydrogen) atoms. The van der Waals surface area contributed by atoms with Crippen molar-refractivity contribution >= 4 is 0 Å². The second kappa shape index (κ2) is 8.32. The highest BCUT2D eigenvalue weighted by atomic mass is 16.3. The minimum atomic E-state index is -0.715. The molecule has 0 unspecified atom stereocenters. The van der Waals surface area contributed by atoms with E-state index in [1.165, 1.54) is 25.7 Å². The number of rotatable bonds is 5. The summed E-state index contributed by atoms with van der Waals surface area (Å²) < 4.78 is 0. The summed E-state index contributed by atoms with van der Waals surface area (Å²) >= 11 is 0. The van der Waals surface area contributed by atoms with Crippen molar-refractivity contribution in [2.24, 2.45) is 46.3 Å². The number of allylic oxidation sites excluding steroid dienone is 2. The average molecular weight is 429 g/mol. The molecule has 3 fully saturated rings. The van der Waals surface area contributed by atoms with Crippen molar-refractivity contribution in [1.82, 2.24) is 0 Å². The number of aliphatic hydroxyl groups is 2. The maximum Gasteiger partial charge on any atom is 0.0833 e. The van der Waals surface area contributed by atoms with Gasteiger partial charge in [-0.1, -0.05) is 58.4 Å². The van der Waals surface area contributed by atoms with E-state index in [1.807, 2.05) is 0 Å². The van der Waals surface area contributed by atoms with Gasteiger partial charge in [-0.05, 0) is 111 Å². The Morgan fingerprint density at radius 2 is 1.87 bits per heavy atom. The molecule has 0 aromatic rings. The van der Waals surface area contributed by atoms with Gasteiger partial charge < -0.3 is 10.2 Å². The number of hydrogen-bond acceptors (Lipinski definition) is 2. The van der Waals surface area contributed by atoms with Crippen LogP contribution in [0.25, 0.3) is 0 Å². The van der Waals surface area contributed by atoms with Crippen LogP contribution in [0.15, 0.2) is 23.8 Å². The summed E-state index contributed by atoms with van der Waals surface area (Å²) in [5.74, 6) is 3.78. The van der Waals surface area contributed by atoms with E-state index < -0.39 is 5.60 Å². The van der Waals surface area contributed by atoms with Crippen molar-refractivity contribution in [3.8, 4) is 0 Å². The Morgan fingerprint density at radius 3 is 2.55 bits per heavy atom. The minimum Gasteiger partial charge on any atom is -0.393 e. The van der Waals surface area contributed by atoms with Crippen LogP contribution in [-0.2, 0) is 0 Å². The fourth-order valence-electron chi connectivity index (χ4n) is 8.87. The molecule has 4 rings (SSSR count). The maximum atomic E-state index is 11.7. The van der Waals surface area contributed by atoms with Crippen molar-refractivity contribution in [1.29, 1.82) is 0 Å². The third-order valence-electron chi connectivity index (χ3n) is 10.8. The van der Waals surface area contributed by atoms with E-state index in [4.69, 9.17) is 0 Å². The van der Waals surface area contributed by atoms with Gasteiger partial charge in [-0.15, -0.1) is 0 Å². The Balaban J connectivity index is 1.56. The molecule has 0 heterocycles. The molecule has 2 N–H and O–H groups in total. The van der Waals surface area contributed by atoms with Crippen LogP contribution in [0.5, 0.6) is 0 Å². The Morgan fingerprint density at radius 1 is 1.13 bits per heavy atom. The van der Waals surface area contributed by atoms with Crippen LogP contribution in [0.4, 0.5) is 0 Å². The average Bonchev–Trinajstić information content (AvgIpc) is 3.07. The second-order valence-corrected chi connectivity index (χ2v) is 12.7. The summed E-state index contributed by atoms with van der Waals surface area (Å²) in [6.07, 6.45) is 17.2. The normalized spacial score (nSPS) is 45.6. The fraction of sp³-hybridized carbons (Fsp3) is 0.862. The molecule has 176 valence electrons. The van der Waals surface area contributed by atoms with E-state index in [0.29, 0.717) is 23.2 Å². The van der Waals surface area contributed by atoms with E-state index in [2.05, 4.69) is 59.8 Å². The summed E-state index contributed by atoms with van der Waals surface area (Å²) in [6, 6.07) is 0. The lowest BCUT2D eigenvalue weighted by atomic mass is 9.47. The third kappa shape index (κ3) is 3.88. The summed E-state index contributed by atoms with van der Waals surface area (Å²) in [5.41, 5.74) is 1.38. The molecule has 0 saturated heterocycles. The van der Waals surface area contributed by atoms with E-state index in [0.717, 1.165) is 49.9 Å². The highest BCUT2D eigenvalue weighted by molar-refractivity contribution is 5.26. The van der Waals surface area contributed by atoms with Gasteiger partial charge in [-0.2, -0.15) is 0 Å². The van der Waals surface area contributed by atoms with Gasteiger partial charge in [0.05, 0.1) is 11.7 Å². The summed E-state index contributed by atoms with van der Waals surface area (Å²) in [5, 5.41) is 21.9. The topological polar surface area (TPSA) is 40.5 Å². The lowest BCUT2D eigenvalue weighted by molar-refractivity contribution is -0.0855. The molecule has 2 heteroatoms. The maximum absolute atomic E-state index is 11.7. The third-order valence-corrected chi connectivity index (χ3v) is 10.8. The zero-order valence-electron chi connectivity index (χ0n) is 21.0. The minimum absolute atomic E-state index is 0.125. The van der Waals surface area contributed by atoms with Crippen LogP contribution in [0, 0.1) is 46.3 Å². The Kier molecular flexibility index (Phi) is 6.32. The Bertz CT molecular complexity index is 718. The van der Waals surface area contributed by atoms with Crippen LogP contribution in [0.1, 0.15) is 99.3 Å². The van der Waals surface area contributed by atoms with Crippen molar-refractivity contribution in [2.75, 3.05) is 0 Å². The second-order valence-electron chi connectivity index (χ2n) is 12.7. The smallest absolute Gasteiger partial charge is 0.0833 e. The van der Waals surface area contributed by atoms with E-state index in [-0.39, 0.29) is 11.5 Å². The summed E-state index contributed by atoms with van der Waals surface area (Å²) in [6.45, 7) is 13.9. The number of aliphatic hydroxyl groups excluding tert-OH is 1.